The molecule has 0 unspecified atom stereocenters. The molecule has 0 fully saturated rings. The van der Waals surface area contributed by atoms with Gasteiger partial charge in [0, 0.05) is 17.4 Å². The van der Waals surface area contributed by atoms with Gasteiger partial charge in [0.1, 0.15) is 17.1 Å². The van der Waals surface area contributed by atoms with Crippen molar-refractivity contribution in [3.63, 3.8) is 0 Å². The molecule has 25 heavy (non-hydrogen) atoms. The van der Waals surface area contributed by atoms with Crippen LogP contribution in [0.1, 0.15) is 34.2 Å². The third kappa shape index (κ3) is 3.40. The van der Waals surface area contributed by atoms with Crippen molar-refractivity contribution in [3.8, 4) is 5.75 Å². The quantitative estimate of drug-likeness (QED) is 0.688. The minimum Gasteiger partial charge on any atom is -0.482 e. The number of ether oxygens (including phenoxy) is 1. The number of carboxylic acid groups (broad SMARTS) is 1. The average molecular weight is 338 g/mol. The van der Waals surface area contributed by atoms with E-state index in [2.05, 4.69) is 0 Å². The first-order chi connectivity index (χ1) is 12.0. The molecule has 0 aliphatic carbocycles. The Morgan fingerprint density at radius 1 is 1.12 bits per heavy atom. The Morgan fingerprint density at radius 3 is 2.48 bits per heavy atom. The van der Waals surface area contributed by atoms with Gasteiger partial charge in [0.05, 0.1) is 5.56 Å². The molecule has 3 rings (SSSR count). The van der Waals surface area contributed by atoms with Crippen molar-refractivity contribution in [2.24, 2.45) is 0 Å². The normalized spacial score (nSPS) is 10.8. The predicted molar refractivity (Wildman–Crippen MR) is 93.3 cm³/mol. The maximum atomic E-state index is 13.0. The Balaban J connectivity index is 1.95. The van der Waals surface area contributed by atoms with Crippen molar-refractivity contribution in [1.82, 2.24) is 0 Å². The van der Waals surface area contributed by atoms with Crippen LogP contribution in [0.2, 0.25) is 0 Å². The van der Waals surface area contributed by atoms with E-state index in [-0.39, 0.29) is 5.78 Å². The Bertz CT molecular complexity index is 935. The predicted octanol–water partition coefficient (Wildman–Crippen LogP) is 4.00. The molecule has 1 N–H and O–H groups in total. The van der Waals surface area contributed by atoms with Crippen LogP contribution in [-0.4, -0.2) is 23.5 Å². The highest BCUT2D eigenvalue weighted by Crippen LogP contribution is 2.29. The van der Waals surface area contributed by atoms with Crippen LogP contribution in [0.15, 0.2) is 46.9 Å². The first-order valence-electron chi connectivity index (χ1n) is 8.01. The van der Waals surface area contributed by atoms with Crippen molar-refractivity contribution in [2.45, 2.75) is 20.3 Å². The summed E-state index contributed by atoms with van der Waals surface area (Å²) in [5.74, 6) is -0.101. The molecule has 128 valence electrons. The molecule has 3 aromatic rings. The first kappa shape index (κ1) is 16.8. The summed E-state index contributed by atoms with van der Waals surface area (Å²) in [5, 5.41) is 9.44. The van der Waals surface area contributed by atoms with Crippen LogP contribution in [-0.2, 0) is 11.2 Å². The zero-order chi connectivity index (χ0) is 18.0. The Kier molecular flexibility index (Phi) is 4.57. The summed E-state index contributed by atoms with van der Waals surface area (Å²) in [6.45, 7) is 3.51. The third-order valence-corrected chi connectivity index (χ3v) is 3.95. The lowest BCUT2D eigenvalue weighted by molar-refractivity contribution is -0.139. The molecular formula is C20H18O5. The molecule has 5 heteroatoms. The number of hydrogen-bond donors (Lipinski definition) is 1. The maximum Gasteiger partial charge on any atom is 0.341 e. The van der Waals surface area contributed by atoms with E-state index in [1.54, 1.807) is 24.3 Å². The van der Waals surface area contributed by atoms with E-state index >= 15 is 0 Å². The molecule has 0 bridgehead atoms. The highest BCUT2D eigenvalue weighted by atomic mass is 16.5. The molecule has 1 heterocycles. The fourth-order valence-electron chi connectivity index (χ4n) is 2.74. The number of aliphatic carboxylic acids is 1. The molecule has 2 aromatic carbocycles. The number of hydrogen-bond acceptors (Lipinski definition) is 4. The minimum atomic E-state index is -1.05. The standard InChI is InChI=1S/C20H18O5/c1-3-16-19(15-9-4-12(2)10-17(15)25-16)20(23)13-5-7-14(8-6-13)24-11-18(21)22/h4-10H,3,11H2,1-2H3,(H,21,22). The summed E-state index contributed by atoms with van der Waals surface area (Å²) >= 11 is 0. The monoisotopic (exact) mass is 338 g/mol. The van der Waals surface area contributed by atoms with Crippen molar-refractivity contribution < 1.29 is 23.8 Å². The average Bonchev–Trinajstić information content (AvgIpc) is 2.97. The maximum absolute atomic E-state index is 13.0. The van der Waals surface area contributed by atoms with Crippen LogP contribution in [0.5, 0.6) is 5.75 Å². The highest BCUT2D eigenvalue weighted by Gasteiger charge is 2.21. The van der Waals surface area contributed by atoms with Crippen LogP contribution in [0.4, 0.5) is 0 Å². The van der Waals surface area contributed by atoms with E-state index < -0.39 is 12.6 Å². The minimum absolute atomic E-state index is 0.121. The zero-order valence-corrected chi connectivity index (χ0v) is 14.0. The van der Waals surface area contributed by atoms with Crippen LogP contribution < -0.4 is 4.74 Å². The third-order valence-electron chi connectivity index (χ3n) is 3.95. The number of fused-ring (bicyclic) bond motifs is 1. The number of carbonyl (C=O) groups is 2. The van der Waals surface area contributed by atoms with Gasteiger partial charge in [-0.15, -0.1) is 0 Å². The number of rotatable bonds is 6. The van der Waals surface area contributed by atoms with Gasteiger partial charge in [-0.2, -0.15) is 0 Å². The van der Waals surface area contributed by atoms with Gasteiger partial charge in [0.25, 0.3) is 0 Å². The zero-order valence-electron chi connectivity index (χ0n) is 14.0. The van der Waals surface area contributed by atoms with E-state index in [0.717, 1.165) is 10.9 Å². The van der Waals surface area contributed by atoms with Gasteiger partial charge in [0.15, 0.2) is 12.4 Å². The molecular weight excluding hydrogens is 320 g/mol. The highest BCUT2D eigenvalue weighted by molar-refractivity contribution is 6.16. The Labute approximate surface area is 144 Å². The smallest absolute Gasteiger partial charge is 0.341 e. The topological polar surface area (TPSA) is 76.7 Å². The molecule has 0 atom stereocenters. The second kappa shape index (κ2) is 6.81. The molecule has 0 radical (unpaired) electrons. The van der Waals surface area contributed by atoms with E-state index in [4.69, 9.17) is 14.3 Å². The molecule has 0 aliphatic rings. The van der Waals surface area contributed by atoms with Crippen molar-refractivity contribution in [2.75, 3.05) is 6.61 Å². The van der Waals surface area contributed by atoms with Crippen LogP contribution in [0, 0.1) is 6.92 Å². The lowest BCUT2D eigenvalue weighted by Crippen LogP contribution is -2.09. The number of carbonyl (C=O) groups excluding carboxylic acids is 1. The second-order valence-corrected chi connectivity index (χ2v) is 5.79. The number of ketones is 1. The van der Waals surface area contributed by atoms with Gasteiger partial charge < -0.3 is 14.3 Å². The number of carboxylic acids is 1. The molecule has 0 amide bonds. The van der Waals surface area contributed by atoms with Gasteiger partial charge in [-0.1, -0.05) is 19.1 Å². The molecule has 1 aromatic heterocycles. The van der Waals surface area contributed by atoms with Gasteiger partial charge in [-0.3, -0.25) is 4.79 Å². The molecule has 0 saturated carbocycles. The summed E-state index contributed by atoms with van der Waals surface area (Å²) in [6, 6.07) is 12.2. The van der Waals surface area contributed by atoms with E-state index in [0.29, 0.717) is 34.6 Å². The van der Waals surface area contributed by atoms with Gasteiger partial charge in [-0.05, 0) is 42.8 Å². The Hall–Kier alpha value is -3.08. The van der Waals surface area contributed by atoms with Gasteiger partial charge >= 0.3 is 5.97 Å². The number of furan rings is 1. The number of benzene rings is 2. The number of aryl methyl sites for hydroxylation is 2. The van der Waals surface area contributed by atoms with E-state index in [9.17, 15) is 9.59 Å². The fraction of sp³-hybridized carbons (Fsp3) is 0.200. The van der Waals surface area contributed by atoms with Crippen molar-refractivity contribution in [1.29, 1.82) is 0 Å². The second-order valence-electron chi connectivity index (χ2n) is 5.79. The fourth-order valence-corrected chi connectivity index (χ4v) is 2.74. The van der Waals surface area contributed by atoms with Crippen molar-refractivity contribution in [3.05, 3.63) is 64.9 Å². The lowest BCUT2D eigenvalue weighted by Gasteiger charge is -2.05. The lowest BCUT2D eigenvalue weighted by atomic mass is 9.99. The first-order valence-corrected chi connectivity index (χ1v) is 8.01. The van der Waals surface area contributed by atoms with Crippen LogP contribution in [0.3, 0.4) is 0 Å². The summed E-state index contributed by atoms with van der Waals surface area (Å²) in [7, 11) is 0. The van der Waals surface area contributed by atoms with Crippen molar-refractivity contribution >= 4 is 22.7 Å². The molecule has 0 aliphatic heterocycles. The SMILES string of the molecule is CCc1oc2cc(C)ccc2c1C(=O)c1ccc(OCC(=O)O)cc1. The van der Waals surface area contributed by atoms with E-state index in [1.807, 2.05) is 32.0 Å². The Morgan fingerprint density at radius 2 is 1.84 bits per heavy atom. The van der Waals surface area contributed by atoms with Gasteiger partial charge in [0.2, 0.25) is 0 Å². The summed E-state index contributed by atoms with van der Waals surface area (Å²) in [5.41, 5.74) is 2.86. The van der Waals surface area contributed by atoms with Gasteiger partial charge in [-0.25, -0.2) is 4.79 Å². The molecule has 0 spiro atoms. The van der Waals surface area contributed by atoms with Crippen LogP contribution in [0.25, 0.3) is 11.0 Å². The molecule has 0 saturated heterocycles. The summed E-state index contributed by atoms with van der Waals surface area (Å²) < 4.78 is 10.9. The summed E-state index contributed by atoms with van der Waals surface area (Å²) in [4.78, 5) is 23.5. The largest absolute Gasteiger partial charge is 0.482 e. The molecule has 5 nitrogen and oxygen atoms in total. The van der Waals surface area contributed by atoms with E-state index in [1.165, 1.54) is 0 Å². The summed E-state index contributed by atoms with van der Waals surface area (Å²) in [6.07, 6.45) is 0.620. The van der Waals surface area contributed by atoms with Crippen LogP contribution >= 0.6 is 0 Å².